The van der Waals surface area contributed by atoms with Gasteiger partial charge in [-0.2, -0.15) is 15.0 Å². The molecule has 1 aromatic rings. The van der Waals surface area contributed by atoms with Crippen molar-refractivity contribution >= 4 is 17.8 Å². The van der Waals surface area contributed by atoms with Gasteiger partial charge < -0.3 is 20.0 Å². The van der Waals surface area contributed by atoms with Crippen LogP contribution in [0.25, 0.3) is 0 Å². The van der Waals surface area contributed by atoms with Crippen molar-refractivity contribution in [1.82, 2.24) is 19.9 Å². The highest BCUT2D eigenvalue weighted by Gasteiger charge is 2.19. The van der Waals surface area contributed by atoms with Crippen LogP contribution >= 0.6 is 0 Å². The maximum atomic E-state index is 4.56. The Morgan fingerprint density at radius 3 is 2.30 bits per heavy atom. The van der Waals surface area contributed by atoms with Crippen molar-refractivity contribution in [2.24, 2.45) is 0 Å². The van der Waals surface area contributed by atoms with Crippen LogP contribution < -0.4 is 15.1 Å². The van der Waals surface area contributed by atoms with Gasteiger partial charge in [-0.1, -0.05) is 6.92 Å². The first-order chi connectivity index (χ1) is 9.63. The minimum atomic E-state index is 0.652. The van der Waals surface area contributed by atoms with Crippen LogP contribution in [0.4, 0.5) is 17.8 Å². The van der Waals surface area contributed by atoms with Crippen molar-refractivity contribution in [2.45, 2.75) is 13.8 Å². The zero-order valence-corrected chi connectivity index (χ0v) is 12.9. The molecule has 2 heterocycles. The predicted molar refractivity (Wildman–Crippen MR) is 82.6 cm³/mol. The summed E-state index contributed by atoms with van der Waals surface area (Å²) in [6.07, 6.45) is 0. The first-order valence-electron chi connectivity index (χ1n) is 7.28. The van der Waals surface area contributed by atoms with Crippen molar-refractivity contribution in [2.75, 3.05) is 68.5 Å². The van der Waals surface area contributed by atoms with Crippen molar-refractivity contribution in [3.8, 4) is 0 Å². The van der Waals surface area contributed by atoms with Crippen molar-refractivity contribution in [3.63, 3.8) is 0 Å². The molecule has 0 radical (unpaired) electrons. The monoisotopic (exact) mass is 279 g/mol. The van der Waals surface area contributed by atoms with Crippen LogP contribution in [0.15, 0.2) is 0 Å². The van der Waals surface area contributed by atoms with Crippen LogP contribution in [-0.4, -0.2) is 73.2 Å². The Morgan fingerprint density at radius 2 is 1.75 bits per heavy atom. The summed E-state index contributed by atoms with van der Waals surface area (Å²) in [6.45, 7) is 10.2. The lowest BCUT2D eigenvalue weighted by atomic mass is 10.3. The Bertz CT molecular complexity index is 427. The molecule has 20 heavy (non-hydrogen) atoms. The Kier molecular flexibility index (Phi) is 4.94. The second-order valence-electron chi connectivity index (χ2n) is 5.11. The van der Waals surface area contributed by atoms with E-state index in [-0.39, 0.29) is 0 Å². The molecule has 0 spiro atoms. The minimum Gasteiger partial charge on any atom is -0.354 e. The molecular formula is C13H25N7. The van der Waals surface area contributed by atoms with Gasteiger partial charge in [0.1, 0.15) is 0 Å². The lowest BCUT2D eigenvalue weighted by Crippen LogP contribution is -2.47. The molecule has 1 aliphatic heterocycles. The summed E-state index contributed by atoms with van der Waals surface area (Å²) in [6, 6.07) is 0. The summed E-state index contributed by atoms with van der Waals surface area (Å²) in [5.74, 6) is 2.12. The maximum Gasteiger partial charge on any atom is 0.232 e. The highest BCUT2D eigenvalue weighted by molar-refractivity contribution is 5.44. The highest BCUT2D eigenvalue weighted by atomic mass is 15.4. The van der Waals surface area contributed by atoms with Gasteiger partial charge in [-0.25, -0.2) is 0 Å². The van der Waals surface area contributed by atoms with Gasteiger partial charge in [0, 0.05) is 46.8 Å². The second kappa shape index (κ2) is 6.69. The Labute approximate surface area is 121 Å². The van der Waals surface area contributed by atoms with E-state index in [0.29, 0.717) is 11.9 Å². The summed E-state index contributed by atoms with van der Waals surface area (Å²) in [7, 11) is 3.90. The van der Waals surface area contributed by atoms with E-state index in [0.717, 1.165) is 45.2 Å². The molecule has 1 aromatic heterocycles. The van der Waals surface area contributed by atoms with E-state index in [1.54, 1.807) is 0 Å². The van der Waals surface area contributed by atoms with Gasteiger partial charge in [0.05, 0.1) is 0 Å². The molecule has 1 fully saturated rings. The van der Waals surface area contributed by atoms with Crippen LogP contribution in [0, 0.1) is 0 Å². The molecule has 0 amide bonds. The van der Waals surface area contributed by atoms with Crippen molar-refractivity contribution in [1.29, 1.82) is 0 Å². The zero-order valence-electron chi connectivity index (χ0n) is 12.9. The van der Waals surface area contributed by atoms with Crippen LogP contribution in [0.2, 0.25) is 0 Å². The fourth-order valence-electron chi connectivity index (χ4n) is 2.20. The number of nitrogens with one attached hydrogen (secondary N) is 1. The Balaban J connectivity index is 2.17. The number of aromatic nitrogens is 3. The largest absolute Gasteiger partial charge is 0.354 e. The number of anilines is 3. The maximum absolute atomic E-state index is 4.56. The second-order valence-corrected chi connectivity index (χ2v) is 5.11. The molecule has 1 aliphatic rings. The third-order valence-electron chi connectivity index (χ3n) is 3.45. The van der Waals surface area contributed by atoms with E-state index in [4.69, 9.17) is 0 Å². The number of rotatable bonds is 5. The summed E-state index contributed by atoms with van der Waals surface area (Å²) < 4.78 is 0. The number of nitrogens with zero attached hydrogens (tertiary/aromatic N) is 6. The molecule has 1 saturated heterocycles. The molecule has 7 heteroatoms. The van der Waals surface area contributed by atoms with Gasteiger partial charge in [0.2, 0.25) is 17.8 Å². The van der Waals surface area contributed by atoms with Gasteiger partial charge >= 0.3 is 0 Å². The summed E-state index contributed by atoms with van der Waals surface area (Å²) in [5.41, 5.74) is 0. The fourth-order valence-corrected chi connectivity index (χ4v) is 2.20. The molecule has 1 N–H and O–H groups in total. The molecule has 0 aliphatic carbocycles. The van der Waals surface area contributed by atoms with E-state index in [2.05, 4.69) is 37.0 Å². The molecule has 0 saturated carbocycles. The van der Waals surface area contributed by atoms with Gasteiger partial charge in [-0.15, -0.1) is 0 Å². The van der Waals surface area contributed by atoms with Crippen molar-refractivity contribution < 1.29 is 0 Å². The molecule has 0 atom stereocenters. The average Bonchev–Trinajstić information content (AvgIpc) is 2.47. The number of hydrogen-bond donors (Lipinski definition) is 1. The molecule has 7 nitrogen and oxygen atoms in total. The topological polar surface area (TPSA) is 60.4 Å². The van der Waals surface area contributed by atoms with Gasteiger partial charge in [-0.05, 0) is 13.5 Å². The number of likely N-dealkylation sites (N-methyl/N-ethyl adjacent to an activating group) is 1. The Morgan fingerprint density at radius 1 is 1.05 bits per heavy atom. The predicted octanol–water partition coefficient (Wildman–Crippen LogP) is 0.511. The average molecular weight is 279 g/mol. The van der Waals surface area contributed by atoms with Crippen LogP contribution in [0.3, 0.4) is 0 Å². The molecule has 0 unspecified atom stereocenters. The number of piperazine rings is 1. The third kappa shape index (κ3) is 3.47. The quantitative estimate of drug-likeness (QED) is 0.842. The third-order valence-corrected chi connectivity index (χ3v) is 3.45. The SMILES string of the molecule is CCNc1nc(N(C)C)nc(N2CCN(CC)CC2)n1. The molecule has 112 valence electrons. The fraction of sp³-hybridized carbons (Fsp3) is 0.769. The summed E-state index contributed by atoms with van der Waals surface area (Å²) in [4.78, 5) is 20.1. The van der Waals surface area contributed by atoms with Gasteiger partial charge in [0.15, 0.2) is 0 Å². The van der Waals surface area contributed by atoms with E-state index in [1.165, 1.54) is 0 Å². The first kappa shape index (κ1) is 14.8. The molecular weight excluding hydrogens is 254 g/mol. The van der Waals surface area contributed by atoms with E-state index < -0.39 is 0 Å². The van der Waals surface area contributed by atoms with Crippen LogP contribution in [0.5, 0.6) is 0 Å². The van der Waals surface area contributed by atoms with Gasteiger partial charge in [0.25, 0.3) is 0 Å². The molecule has 2 rings (SSSR count). The highest BCUT2D eigenvalue weighted by Crippen LogP contribution is 2.16. The Hall–Kier alpha value is -1.63. The van der Waals surface area contributed by atoms with Crippen LogP contribution in [0.1, 0.15) is 13.8 Å². The summed E-state index contributed by atoms with van der Waals surface area (Å²) in [5, 5.41) is 3.18. The lowest BCUT2D eigenvalue weighted by molar-refractivity contribution is 0.270. The normalized spacial score (nSPS) is 16.3. The van der Waals surface area contributed by atoms with E-state index in [1.807, 2.05) is 25.9 Å². The zero-order chi connectivity index (χ0) is 14.5. The number of hydrogen-bond acceptors (Lipinski definition) is 7. The minimum absolute atomic E-state index is 0.652. The molecule has 0 bridgehead atoms. The smallest absolute Gasteiger partial charge is 0.232 e. The molecule has 0 aromatic carbocycles. The lowest BCUT2D eigenvalue weighted by Gasteiger charge is -2.34. The standard InChI is InChI=1S/C13H25N7/c1-5-14-11-15-12(18(3)4)17-13(16-11)20-9-7-19(6-2)8-10-20/h5-10H2,1-4H3,(H,14,15,16,17). The van der Waals surface area contributed by atoms with Crippen LogP contribution in [-0.2, 0) is 0 Å². The van der Waals surface area contributed by atoms with E-state index >= 15 is 0 Å². The first-order valence-corrected chi connectivity index (χ1v) is 7.28. The van der Waals surface area contributed by atoms with Crippen molar-refractivity contribution in [3.05, 3.63) is 0 Å². The summed E-state index contributed by atoms with van der Waals surface area (Å²) >= 11 is 0. The van der Waals surface area contributed by atoms with Gasteiger partial charge in [-0.3, -0.25) is 0 Å². The van der Waals surface area contributed by atoms with E-state index in [9.17, 15) is 0 Å².